The molecule has 1 aromatic carbocycles. The van der Waals surface area contributed by atoms with Crippen LogP contribution in [0.5, 0.6) is 0 Å². The van der Waals surface area contributed by atoms with E-state index in [-0.39, 0.29) is 5.91 Å². The van der Waals surface area contributed by atoms with E-state index in [2.05, 4.69) is 26.2 Å². The maximum Gasteiger partial charge on any atom is 0.332 e. The smallest absolute Gasteiger partial charge is 0.332 e. The van der Waals surface area contributed by atoms with E-state index in [1.165, 1.54) is 11.6 Å². The van der Waals surface area contributed by atoms with Crippen molar-refractivity contribution in [3.8, 4) is 0 Å². The SMILES string of the molecule is Cn1c(=O)c2c(nc(Br)n2CCNC(=O)c2ccccc2)n(C)c1=O. The number of imidazole rings is 1. The zero-order chi connectivity index (χ0) is 18.1. The Hall–Kier alpha value is -2.68. The van der Waals surface area contributed by atoms with Crippen LogP contribution < -0.4 is 16.6 Å². The quantitative estimate of drug-likeness (QED) is 0.644. The number of carbonyl (C=O) groups excluding carboxylic acids is 1. The highest BCUT2D eigenvalue weighted by Crippen LogP contribution is 2.15. The van der Waals surface area contributed by atoms with Crippen LogP contribution in [0.2, 0.25) is 0 Å². The molecule has 0 saturated heterocycles. The van der Waals surface area contributed by atoms with Crippen molar-refractivity contribution in [2.75, 3.05) is 6.54 Å². The van der Waals surface area contributed by atoms with Crippen LogP contribution in [0.3, 0.4) is 0 Å². The van der Waals surface area contributed by atoms with E-state index in [9.17, 15) is 14.4 Å². The van der Waals surface area contributed by atoms with Crippen LogP contribution in [-0.2, 0) is 20.6 Å². The molecule has 3 rings (SSSR count). The third-order valence-electron chi connectivity index (χ3n) is 3.96. The largest absolute Gasteiger partial charge is 0.350 e. The number of nitrogens with zero attached hydrogens (tertiary/aromatic N) is 4. The topological polar surface area (TPSA) is 90.9 Å². The van der Waals surface area contributed by atoms with E-state index in [4.69, 9.17) is 0 Å². The first-order valence-corrected chi connectivity index (χ1v) is 8.36. The number of carbonyl (C=O) groups is 1. The summed E-state index contributed by atoms with van der Waals surface area (Å²) in [5.41, 5.74) is 0.313. The number of amides is 1. The molecular weight excluding hydrogens is 390 g/mol. The molecule has 0 unspecified atom stereocenters. The molecule has 0 radical (unpaired) electrons. The van der Waals surface area contributed by atoms with Gasteiger partial charge in [-0.2, -0.15) is 0 Å². The molecule has 0 saturated carbocycles. The van der Waals surface area contributed by atoms with E-state index < -0.39 is 11.2 Å². The van der Waals surface area contributed by atoms with Crippen molar-refractivity contribution in [3.05, 3.63) is 61.5 Å². The molecule has 2 heterocycles. The summed E-state index contributed by atoms with van der Waals surface area (Å²) in [5.74, 6) is -0.193. The lowest BCUT2D eigenvalue weighted by molar-refractivity contribution is 0.0952. The van der Waals surface area contributed by atoms with Gasteiger partial charge in [-0.1, -0.05) is 18.2 Å². The first-order valence-electron chi connectivity index (χ1n) is 7.57. The minimum Gasteiger partial charge on any atom is -0.350 e. The predicted molar refractivity (Wildman–Crippen MR) is 96.7 cm³/mol. The molecular formula is C16H16BrN5O3. The summed E-state index contributed by atoms with van der Waals surface area (Å²) in [6, 6.07) is 8.87. The summed E-state index contributed by atoms with van der Waals surface area (Å²) in [5, 5.41) is 2.80. The second-order valence-corrected chi connectivity index (χ2v) is 6.24. The highest BCUT2D eigenvalue weighted by molar-refractivity contribution is 9.10. The Kier molecular flexibility index (Phi) is 4.58. The van der Waals surface area contributed by atoms with Gasteiger partial charge in [-0.05, 0) is 28.1 Å². The first-order chi connectivity index (χ1) is 11.9. The summed E-state index contributed by atoms with van der Waals surface area (Å²) in [6.07, 6.45) is 0. The molecule has 0 aliphatic carbocycles. The molecule has 25 heavy (non-hydrogen) atoms. The van der Waals surface area contributed by atoms with Gasteiger partial charge in [0, 0.05) is 32.7 Å². The monoisotopic (exact) mass is 405 g/mol. The fraction of sp³-hybridized carbons (Fsp3) is 0.250. The van der Waals surface area contributed by atoms with Crippen LogP contribution >= 0.6 is 15.9 Å². The van der Waals surface area contributed by atoms with Gasteiger partial charge in [0.2, 0.25) is 0 Å². The van der Waals surface area contributed by atoms with Crippen molar-refractivity contribution < 1.29 is 4.79 Å². The Bertz CT molecular complexity index is 1070. The van der Waals surface area contributed by atoms with Gasteiger partial charge in [0.15, 0.2) is 15.9 Å². The fourth-order valence-electron chi connectivity index (χ4n) is 2.60. The van der Waals surface area contributed by atoms with E-state index in [1.54, 1.807) is 35.9 Å². The third-order valence-corrected chi connectivity index (χ3v) is 4.56. The number of aryl methyl sites for hydroxylation is 1. The Labute approximate surface area is 150 Å². The summed E-state index contributed by atoms with van der Waals surface area (Å²) in [4.78, 5) is 40.8. The molecule has 0 fully saturated rings. The molecule has 0 bridgehead atoms. The Balaban J connectivity index is 1.88. The van der Waals surface area contributed by atoms with E-state index in [1.807, 2.05) is 6.07 Å². The molecule has 1 amide bonds. The number of benzene rings is 1. The number of hydrogen-bond donors (Lipinski definition) is 1. The van der Waals surface area contributed by atoms with Crippen LogP contribution in [0, 0.1) is 0 Å². The molecule has 0 atom stereocenters. The summed E-state index contributed by atoms with van der Waals surface area (Å²) in [6.45, 7) is 0.646. The average Bonchev–Trinajstić information content (AvgIpc) is 2.95. The summed E-state index contributed by atoms with van der Waals surface area (Å²) < 4.78 is 4.42. The van der Waals surface area contributed by atoms with Crippen LogP contribution in [0.4, 0.5) is 0 Å². The number of hydrogen-bond acceptors (Lipinski definition) is 4. The highest BCUT2D eigenvalue weighted by atomic mass is 79.9. The van der Waals surface area contributed by atoms with Gasteiger partial charge in [0.1, 0.15) is 0 Å². The van der Waals surface area contributed by atoms with Gasteiger partial charge >= 0.3 is 5.69 Å². The van der Waals surface area contributed by atoms with Gasteiger partial charge in [-0.3, -0.25) is 18.7 Å². The molecule has 9 heteroatoms. The highest BCUT2D eigenvalue weighted by Gasteiger charge is 2.17. The van der Waals surface area contributed by atoms with Gasteiger partial charge in [0.25, 0.3) is 11.5 Å². The zero-order valence-electron chi connectivity index (χ0n) is 13.7. The zero-order valence-corrected chi connectivity index (χ0v) is 15.3. The Morgan fingerprint density at radius 1 is 1.16 bits per heavy atom. The van der Waals surface area contributed by atoms with Gasteiger partial charge in [-0.15, -0.1) is 0 Å². The maximum atomic E-state index is 12.4. The lowest BCUT2D eigenvalue weighted by Gasteiger charge is -2.09. The first kappa shape index (κ1) is 17.2. The van der Waals surface area contributed by atoms with Crippen molar-refractivity contribution in [1.29, 1.82) is 0 Å². The summed E-state index contributed by atoms with van der Waals surface area (Å²) >= 11 is 3.31. The second-order valence-electron chi connectivity index (χ2n) is 5.53. The minimum absolute atomic E-state index is 0.193. The van der Waals surface area contributed by atoms with E-state index in [0.29, 0.717) is 34.6 Å². The lowest BCUT2D eigenvalue weighted by atomic mass is 10.2. The molecule has 8 nitrogen and oxygen atoms in total. The molecule has 0 aliphatic heterocycles. The molecule has 0 spiro atoms. The van der Waals surface area contributed by atoms with Crippen LogP contribution in [0.15, 0.2) is 44.7 Å². The van der Waals surface area contributed by atoms with Crippen molar-refractivity contribution in [3.63, 3.8) is 0 Å². The van der Waals surface area contributed by atoms with Crippen molar-refractivity contribution in [1.82, 2.24) is 24.0 Å². The minimum atomic E-state index is -0.438. The van der Waals surface area contributed by atoms with Gasteiger partial charge < -0.3 is 9.88 Å². The van der Waals surface area contributed by atoms with Crippen LogP contribution in [-0.4, -0.2) is 31.1 Å². The normalized spacial score (nSPS) is 11.0. The van der Waals surface area contributed by atoms with Gasteiger partial charge in [-0.25, -0.2) is 9.78 Å². The van der Waals surface area contributed by atoms with Gasteiger partial charge in [0.05, 0.1) is 0 Å². The second kappa shape index (κ2) is 6.67. The molecule has 1 N–H and O–H groups in total. The Morgan fingerprint density at radius 3 is 2.52 bits per heavy atom. The molecule has 130 valence electrons. The Morgan fingerprint density at radius 2 is 1.84 bits per heavy atom. The number of nitrogens with one attached hydrogen (secondary N) is 1. The van der Waals surface area contributed by atoms with E-state index >= 15 is 0 Å². The van der Waals surface area contributed by atoms with Crippen molar-refractivity contribution >= 4 is 33.0 Å². The van der Waals surface area contributed by atoms with E-state index in [0.717, 1.165) is 4.57 Å². The van der Waals surface area contributed by atoms with Crippen LogP contribution in [0.25, 0.3) is 11.2 Å². The number of rotatable bonds is 4. The number of fused-ring (bicyclic) bond motifs is 1. The third kappa shape index (κ3) is 3.02. The number of halogens is 1. The average molecular weight is 406 g/mol. The maximum absolute atomic E-state index is 12.4. The van der Waals surface area contributed by atoms with Crippen molar-refractivity contribution in [2.45, 2.75) is 6.54 Å². The summed E-state index contributed by atoms with van der Waals surface area (Å²) in [7, 11) is 2.98. The lowest BCUT2D eigenvalue weighted by Crippen LogP contribution is -2.38. The molecule has 3 aromatic rings. The molecule has 0 aliphatic rings. The van der Waals surface area contributed by atoms with Crippen molar-refractivity contribution in [2.24, 2.45) is 14.1 Å². The predicted octanol–water partition coefficient (Wildman–Crippen LogP) is 0.626. The fourth-order valence-corrected chi connectivity index (χ4v) is 3.12. The van der Waals surface area contributed by atoms with Crippen LogP contribution in [0.1, 0.15) is 10.4 Å². The molecule has 2 aromatic heterocycles. The standard InChI is InChI=1S/C16H16BrN5O3/c1-20-12-11(14(24)21(2)16(20)25)22(15(17)19-12)9-8-18-13(23)10-6-4-3-5-7-10/h3-7H,8-9H2,1-2H3,(H,18,23). The number of aromatic nitrogens is 4.